The molecule has 0 saturated heterocycles. The van der Waals surface area contributed by atoms with Crippen LogP contribution in [0.3, 0.4) is 0 Å². The minimum atomic E-state index is 0.480. The van der Waals surface area contributed by atoms with Gasteiger partial charge in [-0.25, -0.2) is 0 Å². The summed E-state index contributed by atoms with van der Waals surface area (Å²) in [4.78, 5) is 0. The number of hydrogen-bond acceptors (Lipinski definition) is 0. The van der Waals surface area contributed by atoms with Gasteiger partial charge in [-0.05, 0) is 68.5 Å². The average Bonchev–Trinajstić information content (AvgIpc) is 2.73. The van der Waals surface area contributed by atoms with Crippen LogP contribution in [0.2, 0.25) is 0 Å². The van der Waals surface area contributed by atoms with Crippen molar-refractivity contribution in [2.45, 2.75) is 52.4 Å². The molecule has 0 heteroatoms. The van der Waals surface area contributed by atoms with Crippen LogP contribution in [0, 0.1) is 0 Å². The van der Waals surface area contributed by atoms with E-state index in [9.17, 15) is 0 Å². The summed E-state index contributed by atoms with van der Waals surface area (Å²) in [7, 11) is 0. The van der Waals surface area contributed by atoms with Crippen LogP contribution >= 0.6 is 0 Å². The van der Waals surface area contributed by atoms with Gasteiger partial charge in [0.1, 0.15) is 0 Å². The lowest BCUT2D eigenvalue weighted by Crippen LogP contribution is -2.02. The summed E-state index contributed by atoms with van der Waals surface area (Å²) in [5, 5.41) is 5.41. The molecule has 0 radical (unpaired) electrons. The molecule has 0 nitrogen and oxygen atoms in total. The molecule has 4 aromatic carbocycles. The van der Waals surface area contributed by atoms with E-state index < -0.39 is 0 Å². The van der Waals surface area contributed by atoms with Crippen LogP contribution in [0.1, 0.15) is 63.5 Å². The zero-order valence-corrected chi connectivity index (χ0v) is 17.5. The average molecular weight is 367 g/mol. The van der Waals surface area contributed by atoms with Crippen molar-refractivity contribution in [3.05, 3.63) is 83.9 Å². The first-order chi connectivity index (χ1) is 13.7. The fourth-order valence-electron chi connectivity index (χ4n) is 4.68. The SMILES string of the molecule is CCC(CC)c1ccc2ccccc2c1-c1c(C(C)C)ccc2ccccc12. The van der Waals surface area contributed by atoms with Gasteiger partial charge in [0, 0.05) is 0 Å². The first kappa shape index (κ1) is 18.7. The topological polar surface area (TPSA) is 0 Å². The zero-order chi connectivity index (χ0) is 19.7. The molecule has 142 valence electrons. The first-order valence-corrected chi connectivity index (χ1v) is 10.7. The number of rotatable bonds is 5. The highest BCUT2D eigenvalue weighted by Crippen LogP contribution is 2.44. The van der Waals surface area contributed by atoms with E-state index in [-0.39, 0.29) is 0 Å². The standard InChI is InChI=1S/C28H30/c1-5-20(6-2)26-18-16-22-12-8-10-14-25(22)28(26)27-23(19(3)4)17-15-21-11-7-9-13-24(21)27/h7-20H,5-6H2,1-4H3. The molecule has 4 aromatic rings. The van der Waals surface area contributed by atoms with E-state index in [1.54, 1.807) is 0 Å². The maximum absolute atomic E-state index is 2.39. The van der Waals surface area contributed by atoms with Crippen LogP contribution in [0.15, 0.2) is 72.8 Å². The molecule has 0 aliphatic carbocycles. The Morgan fingerprint density at radius 1 is 0.571 bits per heavy atom. The van der Waals surface area contributed by atoms with Gasteiger partial charge in [0.2, 0.25) is 0 Å². The van der Waals surface area contributed by atoms with Gasteiger partial charge < -0.3 is 0 Å². The summed E-state index contributed by atoms with van der Waals surface area (Å²) >= 11 is 0. The monoisotopic (exact) mass is 366 g/mol. The quantitative estimate of drug-likeness (QED) is 0.331. The lowest BCUT2D eigenvalue weighted by atomic mass is 9.80. The van der Waals surface area contributed by atoms with Crippen molar-refractivity contribution in [3.63, 3.8) is 0 Å². The molecular weight excluding hydrogens is 336 g/mol. The Morgan fingerprint density at radius 2 is 1.04 bits per heavy atom. The largest absolute Gasteiger partial charge is 0.0648 e. The van der Waals surface area contributed by atoms with Crippen molar-refractivity contribution < 1.29 is 0 Å². The predicted molar refractivity (Wildman–Crippen MR) is 124 cm³/mol. The van der Waals surface area contributed by atoms with E-state index in [0.717, 1.165) is 0 Å². The van der Waals surface area contributed by atoms with Gasteiger partial charge in [0.25, 0.3) is 0 Å². The maximum atomic E-state index is 2.39. The molecule has 0 amide bonds. The first-order valence-electron chi connectivity index (χ1n) is 10.7. The van der Waals surface area contributed by atoms with Crippen molar-refractivity contribution in [2.24, 2.45) is 0 Å². The van der Waals surface area contributed by atoms with E-state index in [2.05, 4.69) is 100 Å². The van der Waals surface area contributed by atoms with E-state index in [1.165, 1.54) is 56.6 Å². The summed E-state index contributed by atoms with van der Waals surface area (Å²) in [6.45, 7) is 9.27. The van der Waals surface area contributed by atoms with Gasteiger partial charge in [0.15, 0.2) is 0 Å². The maximum Gasteiger partial charge on any atom is -0.00614 e. The fraction of sp³-hybridized carbons (Fsp3) is 0.286. The fourth-order valence-corrected chi connectivity index (χ4v) is 4.68. The molecule has 0 N–H and O–H groups in total. The Hall–Kier alpha value is -2.60. The molecule has 0 aromatic heterocycles. The highest BCUT2D eigenvalue weighted by atomic mass is 14.2. The van der Waals surface area contributed by atoms with Crippen LogP contribution in [-0.4, -0.2) is 0 Å². The summed E-state index contributed by atoms with van der Waals surface area (Å²) < 4.78 is 0. The van der Waals surface area contributed by atoms with E-state index >= 15 is 0 Å². The molecule has 28 heavy (non-hydrogen) atoms. The summed E-state index contributed by atoms with van der Waals surface area (Å²) in [5.74, 6) is 1.06. The van der Waals surface area contributed by atoms with Crippen molar-refractivity contribution >= 4 is 21.5 Å². The molecule has 0 fully saturated rings. The molecule has 0 unspecified atom stereocenters. The Kier molecular flexibility index (Phi) is 5.22. The number of hydrogen-bond donors (Lipinski definition) is 0. The van der Waals surface area contributed by atoms with E-state index in [1.807, 2.05) is 0 Å². The van der Waals surface area contributed by atoms with Gasteiger partial charge >= 0.3 is 0 Å². The Labute approximate surface area is 169 Å². The highest BCUT2D eigenvalue weighted by molar-refractivity contribution is 6.08. The summed E-state index contributed by atoms with van der Waals surface area (Å²) in [5.41, 5.74) is 5.84. The van der Waals surface area contributed by atoms with Crippen LogP contribution in [-0.2, 0) is 0 Å². The van der Waals surface area contributed by atoms with Crippen LogP contribution in [0.5, 0.6) is 0 Å². The lowest BCUT2D eigenvalue weighted by Gasteiger charge is -2.24. The second-order valence-electron chi connectivity index (χ2n) is 8.17. The second-order valence-corrected chi connectivity index (χ2v) is 8.17. The van der Waals surface area contributed by atoms with E-state index in [4.69, 9.17) is 0 Å². The predicted octanol–water partition coefficient (Wildman–Crippen LogP) is 8.69. The Balaban J connectivity index is 2.20. The van der Waals surface area contributed by atoms with Crippen molar-refractivity contribution in [1.82, 2.24) is 0 Å². The van der Waals surface area contributed by atoms with Crippen molar-refractivity contribution in [1.29, 1.82) is 0 Å². The van der Waals surface area contributed by atoms with Gasteiger partial charge in [0.05, 0.1) is 0 Å². The van der Waals surface area contributed by atoms with Crippen LogP contribution in [0.4, 0.5) is 0 Å². The second kappa shape index (κ2) is 7.80. The third kappa shape index (κ3) is 3.11. The molecule has 4 rings (SSSR count). The minimum absolute atomic E-state index is 0.480. The van der Waals surface area contributed by atoms with Crippen molar-refractivity contribution in [2.75, 3.05) is 0 Å². The molecule has 0 saturated carbocycles. The molecule has 0 spiro atoms. The lowest BCUT2D eigenvalue weighted by molar-refractivity contribution is 0.644. The van der Waals surface area contributed by atoms with Gasteiger partial charge in [-0.2, -0.15) is 0 Å². The number of benzene rings is 4. The number of fused-ring (bicyclic) bond motifs is 2. The third-order valence-corrected chi connectivity index (χ3v) is 6.22. The third-order valence-electron chi connectivity index (χ3n) is 6.22. The molecule has 0 bridgehead atoms. The summed E-state index contributed by atoms with van der Waals surface area (Å²) in [6, 6.07) is 27.1. The molecule has 0 aliphatic rings. The highest BCUT2D eigenvalue weighted by Gasteiger charge is 2.21. The zero-order valence-electron chi connectivity index (χ0n) is 17.5. The van der Waals surface area contributed by atoms with Gasteiger partial charge in [-0.15, -0.1) is 0 Å². The Morgan fingerprint density at radius 3 is 1.54 bits per heavy atom. The normalized spacial score (nSPS) is 11.8. The van der Waals surface area contributed by atoms with Crippen LogP contribution in [0.25, 0.3) is 32.7 Å². The smallest absolute Gasteiger partial charge is 0.00614 e. The molecule has 0 atom stereocenters. The Bertz CT molecular complexity index is 1110. The van der Waals surface area contributed by atoms with Gasteiger partial charge in [-0.3, -0.25) is 0 Å². The summed E-state index contributed by atoms with van der Waals surface area (Å²) in [6.07, 6.45) is 2.34. The molecule has 0 aliphatic heterocycles. The van der Waals surface area contributed by atoms with Crippen molar-refractivity contribution in [3.8, 4) is 11.1 Å². The minimum Gasteiger partial charge on any atom is -0.0648 e. The molecule has 0 heterocycles. The van der Waals surface area contributed by atoms with Crippen LogP contribution < -0.4 is 0 Å². The van der Waals surface area contributed by atoms with E-state index in [0.29, 0.717) is 11.8 Å². The van der Waals surface area contributed by atoms with Gasteiger partial charge in [-0.1, -0.05) is 100 Å². The molecular formula is C28H30.